The molecule has 0 spiro atoms. The molecule has 11 heavy (non-hydrogen) atoms. The highest BCUT2D eigenvalue weighted by atomic mass is 16.5. The first kappa shape index (κ1) is 9.94. The van der Waals surface area contributed by atoms with E-state index in [1.807, 2.05) is 13.8 Å². The molecule has 0 aliphatic heterocycles. The molecule has 0 rings (SSSR count). The summed E-state index contributed by atoms with van der Waals surface area (Å²) in [5.74, 6) is 0.306. The molecule has 0 heterocycles. The first-order chi connectivity index (χ1) is 5.16. The standard InChI is InChI=1S/C7H12NO3/c1-6(2)5-11-7(10)8-3-4-9/h6H,3,5H2,1-2H3,(H,8,10). The molecule has 0 aromatic rings. The van der Waals surface area contributed by atoms with E-state index in [0.29, 0.717) is 12.5 Å². The molecule has 0 aromatic heterocycles. The molecule has 4 heteroatoms. The fourth-order valence-electron chi connectivity index (χ4n) is 0.402. The lowest BCUT2D eigenvalue weighted by atomic mass is 10.2. The molecule has 0 aliphatic carbocycles. The van der Waals surface area contributed by atoms with Gasteiger partial charge in [0.05, 0.1) is 13.2 Å². The Morgan fingerprint density at radius 2 is 2.27 bits per heavy atom. The molecule has 0 saturated heterocycles. The van der Waals surface area contributed by atoms with Crippen LogP contribution in [0, 0.1) is 5.92 Å². The average Bonchev–Trinajstić information content (AvgIpc) is 1.97. The summed E-state index contributed by atoms with van der Waals surface area (Å²) < 4.78 is 4.68. The maximum Gasteiger partial charge on any atom is 0.407 e. The number of carbonyl (C=O) groups is 1. The molecular weight excluding hydrogens is 146 g/mol. The van der Waals surface area contributed by atoms with Crippen molar-refractivity contribution in [3.8, 4) is 0 Å². The molecule has 1 radical (unpaired) electrons. The predicted octanol–water partition coefficient (Wildman–Crippen LogP) is 0.478. The van der Waals surface area contributed by atoms with Gasteiger partial charge in [0, 0.05) is 0 Å². The summed E-state index contributed by atoms with van der Waals surface area (Å²) >= 11 is 0. The van der Waals surface area contributed by atoms with Crippen LogP contribution in [-0.4, -0.2) is 25.5 Å². The lowest BCUT2D eigenvalue weighted by Crippen LogP contribution is -2.27. The minimum absolute atomic E-state index is 0.114. The zero-order valence-electron chi connectivity index (χ0n) is 6.72. The molecule has 0 bridgehead atoms. The van der Waals surface area contributed by atoms with Crippen molar-refractivity contribution in [1.29, 1.82) is 0 Å². The summed E-state index contributed by atoms with van der Waals surface area (Å²) in [5, 5.41) is 2.20. The number of nitrogens with one attached hydrogen (secondary N) is 1. The molecule has 0 unspecified atom stereocenters. The van der Waals surface area contributed by atoms with Crippen molar-refractivity contribution < 1.29 is 14.3 Å². The zero-order valence-corrected chi connectivity index (χ0v) is 6.72. The van der Waals surface area contributed by atoms with Gasteiger partial charge in [0.15, 0.2) is 0 Å². The SMILES string of the molecule is CC(C)COC(=O)NC[C]=O. The van der Waals surface area contributed by atoms with Gasteiger partial charge in [0.25, 0.3) is 0 Å². The van der Waals surface area contributed by atoms with Crippen molar-refractivity contribution in [1.82, 2.24) is 5.32 Å². The van der Waals surface area contributed by atoms with E-state index < -0.39 is 6.09 Å². The number of alkyl carbamates (subject to hydrolysis) is 1. The van der Waals surface area contributed by atoms with Crippen LogP contribution in [0.4, 0.5) is 4.79 Å². The Morgan fingerprint density at radius 1 is 1.64 bits per heavy atom. The summed E-state index contributed by atoms with van der Waals surface area (Å²) in [6.45, 7) is 4.11. The highest BCUT2D eigenvalue weighted by Crippen LogP contribution is 1.91. The molecule has 4 nitrogen and oxygen atoms in total. The first-order valence-corrected chi connectivity index (χ1v) is 3.42. The number of amides is 1. The van der Waals surface area contributed by atoms with Crippen molar-refractivity contribution in [2.24, 2.45) is 5.92 Å². The number of ether oxygens (including phenoxy) is 1. The van der Waals surface area contributed by atoms with Gasteiger partial charge < -0.3 is 10.1 Å². The Bertz CT molecular complexity index is 134. The predicted molar refractivity (Wildman–Crippen MR) is 39.9 cm³/mol. The van der Waals surface area contributed by atoms with Crippen LogP contribution in [-0.2, 0) is 9.53 Å². The van der Waals surface area contributed by atoms with E-state index in [-0.39, 0.29) is 6.54 Å². The normalized spacial score (nSPS) is 9.36. The smallest absolute Gasteiger partial charge is 0.407 e. The van der Waals surface area contributed by atoms with E-state index in [9.17, 15) is 9.59 Å². The van der Waals surface area contributed by atoms with E-state index in [1.165, 1.54) is 6.29 Å². The highest BCUT2D eigenvalue weighted by molar-refractivity contribution is 5.70. The molecule has 63 valence electrons. The van der Waals surface area contributed by atoms with Gasteiger partial charge in [-0.25, -0.2) is 4.79 Å². The second-order valence-electron chi connectivity index (χ2n) is 2.49. The number of hydrogen-bond acceptors (Lipinski definition) is 3. The van der Waals surface area contributed by atoms with Crippen LogP contribution in [0.3, 0.4) is 0 Å². The van der Waals surface area contributed by atoms with Crippen LogP contribution in [0.2, 0.25) is 0 Å². The monoisotopic (exact) mass is 158 g/mol. The summed E-state index contributed by atoms with van der Waals surface area (Å²) in [7, 11) is 0. The van der Waals surface area contributed by atoms with Crippen LogP contribution in [0.15, 0.2) is 0 Å². The Morgan fingerprint density at radius 3 is 2.73 bits per heavy atom. The van der Waals surface area contributed by atoms with Crippen molar-refractivity contribution in [3.05, 3.63) is 0 Å². The molecule has 0 aliphatic rings. The van der Waals surface area contributed by atoms with Gasteiger partial charge in [-0.15, -0.1) is 0 Å². The van der Waals surface area contributed by atoms with Crippen molar-refractivity contribution in [2.45, 2.75) is 13.8 Å². The summed E-state index contributed by atoms with van der Waals surface area (Å²) in [5.41, 5.74) is 0. The molecule has 1 N–H and O–H groups in total. The Balaban J connectivity index is 3.29. The van der Waals surface area contributed by atoms with E-state index in [0.717, 1.165) is 0 Å². The maximum absolute atomic E-state index is 10.6. The zero-order chi connectivity index (χ0) is 8.69. The molecule has 0 saturated carbocycles. The fourth-order valence-corrected chi connectivity index (χ4v) is 0.402. The second-order valence-corrected chi connectivity index (χ2v) is 2.49. The molecule has 0 atom stereocenters. The number of hydrogen-bond donors (Lipinski definition) is 1. The summed E-state index contributed by atoms with van der Waals surface area (Å²) in [6, 6.07) is 0. The van der Waals surface area contributed by atoms with Gasteiger partial charge >= 0.3 is 6.09 Å². The lowest BCUT2D eigenvalue weighted by molar-refractivity contribution is 0.134. The minimum atomic E-state index is -0.568. The topological polar surface area (TPSA) is 55.4 Å². The van der Waals surface area contributed by atoms with E-state index >= 15 is 0 Å². The van der Waals surface area contributed by atoms with Crippen molar-refractivity contribution in [3.63, 3.8) is 0 Å². The Labute approximate surface area is 65.9 Å². The number of carbonyl (C=O) groups excluding carboxylic acids is 2. The van der Waals surface area contributed by atoms with Crippen LogP contribution in [0.25, 0.3) is 0 Å². The molecule has 1 amide bonds. The third-order valence-corrected chi connectivity index (χ3v) is 0.853. The Hall–Kier alpha value is -1.06. The summed E-state index contributed by atoms with van der Waals surface area (Å²) in [6.07, 6.45) is 0.957. The van der Waals surface area contributed by atoms with Gasteiger partial charge in [0.2, 0.25) is 6.29 Å². The Kier molecular flexibility index (Phi) is 5.15. The van der Waals surface area contributed by atoms with Gasteiger partial charge in [-0.3, -0.25) is 4.79 Å². The average molecular weight is 158 g/mol. The maximum atomic E-state index is 10.6. The molecular formula is C7H12NO3. The van der Waals surface area contributed by atoms with E-state index in [1.54, 1.807) is 0 Å². The fraction of sp³-hybridized carbons (Fsp3) is 0.714. The van der Waals surface area contributed by atoms with Crippen LogP contribution >= 0.6 is 0 Å². The van der Waals surface area contributed by atoms with E-state index in [4.69, 9.17) is 0 Å². The van der Waals surface area contributed by atoms with Crippen LogP contribution in [0.1, 0.15) is 13.8 Å². The molecule has 0 aromatic carbocycles. The third kappa shape index (κ3) is 6.83. The highest BCUT2D eigenvalue weighted by Gasteiger charge is 2.01. The van der Waals surface area contributed by atoms with Crippen LogP contribution in [0.5, 0.6) is 0 Å². The van der Waals surface area contributed by atoms with Crippen molar-refractivity contribution >= 4 is 12.4 Å². The summed E-state index contributed by atoms with van der Waals surface area (Å²) in [4.78, 5) is 20.2. The number of rotatable bonds is 4. The first-order valence-electron chi connectivity index (χ1n) is 3.42. The minimum Gasteiger partial charge on any atom is -0.449 e. The van der Waals surface area contributed by atoms with Gasteiger partial charge in [0.1, 0.15) is 0 Å². The second kappa shape index (κ2) is 5.70. The quantitative estimate of drug-likeness (QED) is 0.647. The largest absolute Gasteiger partial charge is 0.449 e. The lowest BCUT2D eigenvalue weighted by Gasteiger charge is -2.05. The van der Waals surface area contributed by atoms with Gasteiger partial charge in [-0.1, -0.05) is 13.8 Å². The van der Waals surface area contributed by atoms with E-state index in [2.05, 4.69) is 10.1 Å². The van der Waals surface area contributed by atoms with Crippen LogP contribution < -0.4 is 5.32 Å². The third-order valence-electron chi connectivity index (χ3n) is 0.853. The van der Waals surface area contributed by atoms with Gasteiger partial charge in [-0.05, 0) is 5.92 Å². The van der Waals surface area contributed by atoms with Crippen molar-refractivity contribution in [2.75, 3.05) is 13.2 Å². The molecule has 0 fully saturated rings. The van der Waals surface area contributed by atoms with Gasteiger partial charge in [-0.2, -0.15) is 0 Å².